The van der Waals surface area contributed by atoms with Gasteiger partial charge in [-0.3, -0.25) is 4.57 Å². The van der Waals surface area contributed by atoms with Gasteiger partial charge in [-0.1, -0.05) is 0 Å². The van der Waals surface area contributed by atoms with Crippen molar-refractivity contribution in [1.29, 1.82) is 0 Å². The molecule has 0 spiro atoms. The molecule has 2 nitrogen and oxygen atoms in total. The first kappa shape index (κ1) is 16.0. The van der Waals surface area contributed by atoms with Crippen molar-refractivity contribution in [2.75, 3.05) is 0 Å². The first-order valence-electron chi connectivity index (χ1n) is 0.365. The van der Waals surface area contributed by atoms with Crippen molar-refractivity contribution in [1.82, 2.24) is 0 Å². The molecule has 0 aliphatic heterocycles. The Labute approximate surface area is 64.4 Å². The second-order valence-corrected chi connectivity index (χ2v) is 0.224. The van der Waals surface area contributed by atoms with Crippen LogP contribution in [0.4, 0.5) is 0 Å². The minimum absolute atomic E-state index is 0. The molecule has 0 heterocycles. The first-order valence-corrected chi connectivity index (χ1v) is 1.10. The summed E-state index contributed by atoms with van der Waals surface area (Å²) in [4.78, 5) is 8.35. The van der Waals surface area contributed by atoms with Crippen molar-refractivity contribution < 1.29 is 56.1 Å². The largest absolute Gasteiger partial charge is 1.00 e. The normalized spacial score (nSPS) is 4.20. The van der Waals surface area contributed by atoms with E-state index in [2.05, 4.69) is 0 Å². The Balaban J connectivity index is -0.0000000200. The second-order valence-electron chi connectivity index (χ2n) is 0.0745. The molecule has 0 fully saturated rings. The molecule has 5 heavy (non-hydrogen) atoms. The summed E-state index contributed by atoms with van der Waals surface area (Å²) < 4.78 is 8.35. The van der Waals surface area contributed by atoms with Gasteiger partial charge in [0, 0.05) is 17.1 Å². The second kappa shape index (κ2) is 17.6. The zero-order valence-corrected chi connectivity index (χ0v) is 6.72. The third-order valence-corrected chi connectivity index (χ3v) is 0. The van der Waals surface area contributed by atoms with Gasteiger partial charge in [-0.05, 0) is 0 Å². The van der Waals surface area contributed by atoms with Crippen molar-refractivity contribution in [3.05, 3.63) is 0 Å². The maximum atomic E-state index is 8.35. The van der Waals surface area contributed by atoms with E-state index in [1.807, 2.05) is 0 Å². The molecule has 0 rings (SSSR count). The van der Waals surface area contributed by atoms with Crippen molar-refractivity contribution in [2.45, 2.75) is 0 Å². The van der Waals surface area contributed by atoms with Crippen LogP contribution in [0.3, 0.4) is 0 Å². The van der Waals surface area contributed by atoms with Crippen LogP contribution in [0.15, 0.2) is 0 Å². The molecule has 0 atom stereocenters. The Morgan fingerprint density at radius 2 is 1.60 bits per heavy atom. The number of hydrogen-bond acceptors (Lipinski definition) is 2. The average Bonchev–Trinajstić information content (AvgIpc) is 0.918. The molecule has 0 saturated heterocycles. The summed E-state index contributed by atoms with van der Waals surface area (Å²) in [6, 6.07) is 0. The van der Waals surface area contributed by atoms with E-state index < -0.39 is 8.69 Å². The van der Waals surface area contributed by atoms with Crippen LogP contribution in [0, 0.1) is 0 Å². The van der Waals surface area contributed by atoms with Crippen LogP contribution in [0.25, 0.3) is 0 Å². The van der Waals surface area contributed by atoms with E-state index in [0.29, 0.717) is 0 Å². The van der Waals surface area contributed by atoms with Gasteiger partial charge in [0.1, 0.15) is 0 Å². The van der Waals surface area contributed by atoms with E-state index in [0.717, 1.165) is 0 Å². The molecular weight excluding hydrogens is 141 g/mol. The van der Waals surface area contributed by atoms with Gasteiger partial charge in [-0.15, -0.1) is 0 Å². The van der Waals surface area contributed by atoms with Crippen LogP contribution in [0.1, 0.15) is 0 Å². The molecule has 0 unspecified atom stereocenters. The topological polar surface area (TPSA) is 40.1 Å². The smallest absolute Gasteiger partial charge is 0.772 e. The van der Waals surface area contributed by atoms with Gasteiger partial charge in [0.25, 0.3) is 0 Å². The van der Waals surface area contributed by atoms with Crippen LogP contribution in [0.2, 0.25) is 0 Å². The number of rotatable bonds is 0. The first-order chi connectivity index (χ1) is 1.41. The molecule has 0 aromatic carbocycles. The fraction of sp³-hybridized carbons (Fsp3) is 0. The van der Waals surface area contributed by atoms with Gasteiger partial charge in [0.05, 0.1) is 8.69 Å². The van der Waals surface area contributed by atoms with E-state index in [9.17, 15) is 0 Å². The fourth-order valence-corrected chi connectivity index (χ4v) is 0. The van der Waals surface area contributed by atoms with Gasteiger partial charge in [-0.2, -0.15) is 0 Å². The summed E-state index contributed by atoms with van der Waals surface area (Å²) in [5.41, 5.74) is 0. The predicted molar refractivity (Wildman–Crippen MR) is 7.61 cm³/mol. The summed E-state index contributed by atoms with van der Waals surface area (Å²) in [5, 5.41) is 0. The Hall–Kier alpha value is 1.58. The monoisotopic (exact) mass is 141 g/mol. The molecule has 0 aromatic rings. The van der Waals surface area contributed by atoms with E-state index in [1.165, 1.54) is 0 Å². The zero-order valence-electron chi connectivity index (χ0n) is 2.64. The van der Waals surface area contributed by atoms with Gasteiger partial charge in [-0.25, -0.2) is 0 Å². The Kier molecular flexibility index (Phi) is 56.2. The van der Waals surface area contributed by atoms with E-state index in [-0.39, 0.29) is 46.6 Å². The van der Waals surface area contributed by atoms with Crippen LogP contribution in [-0.2, 0) is 21.6 Å². The van der Waals surface area contributed by atoms with Gasteiger partial charge >= 0.3 is 29.6 Å². The van der Waals surface area contributed by atoms with E-state index >= 15 is 0 Å². The average molecular weight is 141 g/mol. The van der Waals surface area contributed by atoms with Crippen LogP contribution < -0.4 is 34.5 Å². The Morgan fingerprint density at radius 1 is 1.60 bits per heavy atom. The van der Waals surface area contributed by atoms with Crippen molar-refractivity contribution in [3.8, 4) is 0 Å². The van der Waals surface area contributed by atoms with Gasteiger partial charge < -0.3 is 4.89 Å². The summed E-state index contributed by atoms with van der Waals surface area (Å²) in [6.45, 7) is 0. The Bertz CT molecular complexity index is 17.1. The molecule has 0 aliphatic rings. The van der Waals surface area contributed by atoms with E-state index in [1.54, 1.807) is 0 Å². The van der Waals surface area contributed by atoms with Crippen LogP contribution in [-0.4, -0.2) is 0 Å². The van der Waals surface area contributed by atoms with Gasteiger partial charge in [0.2, 0.25) is 0 Å². The third kappa shape index (κ3) is 28.7. The standard InChI is InChI=1S/Mn.Na.HO2P/c;;1-3-2/h;;(H,1,2)/q;+1;/p-1. The molecule has 0 bridgehead atoms. The van der Waals surface area contributed by atoms with Crippen molar-refractivity contribution >= 4 is 8.69 Å². The maximum absolute atomic E-state index is 8.35. The molecule has 0 saturated carbocycles. The van der Waals surface area contributed by atoms with Crippen LogP contribution in [0.5, 0.6) is 0 Å². The summed E-state index contributed by atoms with van der Waals surface area (Å²) in [7, 11) is -1.08. The maximum Gasteiger partial charge on any atom is 1.00 e. The minimum atomic E-state index is -1.08. The quantitative estimate of drug-likeness (QED) is 0.260. The molecule has 0 aliphatic carbocycles. The molecule has 0 amide bonds. The minimum Gasteiger partial charge on any atom is -0.772 e. The molecule has 1 radical (unpaired) electrons. The molecule has 25 valence electrons. The van der Waals surface area contributed by atoms with Crippen LogP contribution >= 0.6 is 8.69 Å². The summed E-state index contributed by atoms with van der Waals surface area (Å²) >= 11 is 0. The number of hydrogen-bond donors (Lipinski definition) is 0. The molecule has 0 N–H and O–H groups in total. The summed E-state index contributed by atoms with van der Waals surface area (Å²) in [6.07, 6.45) is 0. The van der Waals surface area contributed by atoms with Crippen molar-refractivity contribution in [3.63, 3.8) is 0 Å². The third-order valence-electron chi connectivity index (χ3n) is 0. The SMILES string of the molecule is O=P[O-].[Mn].[Na+]. The van der Waals surface area contributed by atoms with Gasteiger partial charge in [0.15, 0.2) is 0 Å². The molecular formula is MnNaO2P. The Morgan fingerprint density at radius 3 is 1.60 bits per heavy atom. The van der Waals surface area contributed by atoms with E-state index in [4.69, 9.17) is 9.46 Å². The van der Waals surface area contributed by atoms with Crippen molar-refractivity contribution in [2.24, 2.45) is 0 Å². The molecule has 5 heteroatoms. The summed E-state index contributed by atoms with van der Waals surface area (Å²) in [5.74, 6) is 0. The fourth-order valence-electron chi connectivity index (χ4n) is 0. The molecule has 0 aromatic heterocycles. The predicted octanol–water partition coefficient (Wildman–Crippen LogP) is -3.45. The zero-order chi connectivity index (χ0) is 2.71.